The van der Waals surface area contributed by atoms with Crippen molar-refractivity contribution in [1.29, 1.82) is 0 Å². The molecule has 1 aromatic rings. The van der Waals surface area contributed by atoms with Gasteiger partial charge < -0.3 is 10.6 Å². The lowest BCUT2D eigenvalue weighted by atomic mass is 9.92. The number of carbonyl (C=O) groups is 1. The van der Waals surface area contributed by atoms with E-state index in [0.29, 0.717) is 25.3 Å². The van der Waals surface area contributed by atoms with Crippen molar-refractivity contribution in [3.63, 3.8) is 0 Å². The topological polar surface area (TPSA) is 83.7 Å². The van der Waals surface area contributed by atoms with Crippen molar-refractivity contribution >= 4 is 15.9 Å². The number of hydrogen-bond acceptors (Lipinski definition) is 4. The number of carbonyl (C=O) groups excluding carboxylic acids is 1. The molecule has 1 saturated heterocycles. The molecule has 1 aliphatic heterocycles. The van der Waals surface area contributed by atoms with E-state index in [2.05, 4.69) is 0 Å². The van der Waals surface area contributed by atoms with Gasteiger partial charge in [-0.3, -0.25) is 4.79 Å². The first-order chi connectivity index (χ1) is 12.2. The molecule has 2 rings (SSSR count). The van der Waals surface area contributed by atoms with E-state index in [4.69, 9.17) is 5.73 Å². The minimum Gasteiger partial charge on any atom is -0.342 e. The quantitative estimate of drug-likeness (QED) is 0.776. The molecule has 1 heterocycles. The van der Waals surface area contributed by atoms with Gasteiger partial charge in [0.15, 0.2) is 0 Å². The number of halogens is 1. The van der Waals surface area contributed by atoms with Gasteiger partial charge in [0.25, 0.3) is 0 Å². The van der Waals surface area contributed by atoms with Crippen LogP contribution in [0.25, 0.3) is 0 Å². The molecule has 26 heavy (non-hydrogen) atoms. The third-order valence-corrected chi connectivity index (χ3v) is 6.81. The number of rotatable bonds is 7. The van der Waals surface area contributed by atoms with Crippen molar-refractivity contribution < 1.29 is 17.6 Å². The van der Waals surface area contributed by atoms with E-state index >= 15 is 0 Å². The lowest BCUT2D eigenvalue weighted by Gasteiger charge is -2.34. The van der Waals surface area contributed by atoms with E-state index < -0.39 is 15.8 Å². The first-order valence-electron chi connectivity index (χ1n) is 8.97. The molecule has 2 N–H and O–H groups in total. The van der Waals surface area contributed by atoms with Crippen LogP contribution in [0.5, 0.6) is 0 Å². The molecule has 146 valence electrons. The molecule has 0 spiro atoms. The van der Waals surface area contributed by atoms with E-state index in [1.165, 1.54) is 23.5 Å². The number of nitrogens with zero attached hydrogens (tertiary/aromatic N) is 2. The van der Waals surface area contributed by atoms with E-state index in [-0.39, 0.29) is 23.4 Å². The molecule has 1 fully saturated rings. The van der Waals surface area contributed by atoms with Crippen molar-refractivity contribution in [2.75, 3.05) is 26.7 Å². The number of hydrogen-bond donors (Lipinski definition) is 1. The zero-order valence-electron chi connectivity index (χ0n) is 15.4. The number of piperidine rings is 1. The Bertz CT molecular complexity index is 707. The predicted octanol–water partition coefficient (Wildman–Crippen LogP) is 1.81. The Morgan fingerprint density at radius 2 is 2.04 bits per heavy atom. The highest BCUT2D eigenvalue weighted by Gasteiger charge is 2.26. The van der Waals surface area contributed by atoms with Crippen LogP contribution in [0.2, 0.25) is 0 Å². The summed E-state index contributed by atoms with van der Waals surface area (Å²) in [5.41, 5.74) is 5.95. The summed E-state index contributed by atoms with van der Waals surface area (Å²) in [5.74, 6) is -0.110. The molecule has 6 nitrogen and oxygen atoms in total. The lowest BCUT2D eigenvalue weighted by Crippen LogP contribution is -2.45. The summed E-state index contributed by atoms with van der Waals surface area (Å²) >= 11 is 0. The van der Waals surface area contributed by atoms with E-state index in [1.54, 1.807) is 0 Å². The fraction of sp³-hybridized carbons (Fsp3) is 0.611. The fourth-order valence-corrected chi connectivity index (χ4v) is 4.39. The summed E-state index contributed by atoms with van der Waals surface area (Å²) in [6.45, 7) is 3.62. The minimum absolute atomic E-state index is 0.0444. The summed E-state index contributed by atoms with van der Waals surface area (Å²) < 4.78 is 39.0. The SMILES string of the molecule is CC(N)C1CCCN(C(=O)CCCN(C)S(=O)(=O)c2ccc(F)cc2)C1. The number of sulfonamides is 1. The number of likely N-dealkylation sites (tertiary alicyclic amines) is 1. The summed E-state index contributed by atoms with van der Waals surface area (Å²) in [6, 6.07) is 4.80. The Hall–Kier alpha value is -1.51. The van der Waals surface area contributed by atoms with Crippen LogP contribution in [0.4, 0.5) is 4.39 Å². The van der Waals surface area contributed by atoms with Crippen molar-refractivity contribution in [2.45, 2.75) is 43.5 Å². The van der Waals surface area contributed by atoms with Gasteiger partial charge in [-0.2, -0.15) is 0 Å². The number of benzene rings is 1. The van der Waals surface area contributed by atoms with Gasteiger partial charge in [-0.15, -0.1) is 0 Å². The van der Waals surface area contributed by atoms with Crippen LogP contribution in [-0.2, 0) is 14.8 Å². The Morgan fingerprint density at radius 3 is 2.65 bits per heavy atom. The monoisotopic (exact) mass is 385 g/mol. The smallest absolute Gasteiger partial charge is 0.242 e. The molecule has 1 aliphatic rings. The Morgan fingerprint density at radius 1 is 1.38 bits per heavy atom. The van der Waals surface area contributed by atoms with Crippen LogP contribution in [0.1, 0.15) is 32.6 Å². The van der Waals surface area contributed by atoms with Crippen molar-refractivity contribution in [3.05, 3.63) is 30.1 Å². The highest BCUT2D eigenvalue weighted by atomic mass is 32.2. The summed E-state index contributed by atoms with van der Waals surface area (Å²) in [6.07, 6.45) is 2.74. The predicted molar refractivity (Wildman–Crippen MR) is 98.4 cm³/mol. The Labute approximate surface area is 155 Å². The minimum atomic E-state index is -3.67. The molecule has 0 aromatic heterocycles. The summed E-state index contributed by atoms with van der Waals surface area (Å²) in [4.78, 5) is 14.3. The molecule has 0 aliphatic carbocycles. The maximum Gasteiger partial charge on any atom is 0.242 e. The largest absolute Gasteiger partial charge is 0.342 e. The van der Waals surface area contributed by atoms with Crippen LogP contribution in [0, 0.1) is 11.7 Å². The molecular weight excluding hydrogens is 357 g/mol. The summed E-state index contributed by atoms with van der Waals surface area (Å²) in [5, 5.41) is 0. The number of amides is 1. The van der Waals surface area contributed by atoms with Crippen LogP contribution in [0.3, 0.4) is 0 Å². The van der Waals surface area contributed by atoms with Gasteiger partial charge in [0, 0.05) is 39.1 Å². The lowest BCUT2D eigenvalue weighted by molar-refractivity contribution is -0.133. The maximum absolute atomic E-state index is 13.0. The molecule has 0 radical (unpaired) electrons. The van der Waals surface area contributed by atoms with Gasteiger partial charge in [0.1, 0.15) is 5.82 Å². The molecule has 1 aromatic carbocycles. The number of nitrogens with two attached hydrogens (primary N) is 1. The van der Waals surface area contributed by atoms with Gasteiger partial charge in [0.2, 0.25) is 15.9 Å². The Kier molecular flexibility index (Phi) is 7.14. The van der Waals surface area contributed by atoms with Crippen LogP contribution in [-0.4, -0.2) is 56.3 Å². The average molecular weight is 386 g/mol. The van der Waals surface area contributed by atoms with Crippen molar-refractivity contribution in [1.82, 2.24) is 9.21 Å². The van der Waals surface area contributed by atoms with Crippen LogP contribution < -0.4 is 5.73 Å². The van der Waals surface area contributed by atoms with E-state index in [9.17, 15) is 17.6 Å². The third-order valence-electron chi connectivity index (χ3n) is 4.94. The zero-order chi connectivity index (χ0) is 19.3. The molecule has 8 heteroatoms. The first-order valence-corrected chi connectivity index (χ1v) is 10.4. The Balaban J connectivity index is 1.84. The molecule has 2 atom stereocenters. The first kappa shape index (κ1) is 20.8. The zero-order valence-corrected chi connectivity index (χ0v) is 16.2. The van der Waals surface area contributed by atoms with Gasteiger partial charge >= 0.3 is 0 Å². The summed E-state index contributed by atoms with van der Waals surface area (Å²) in [7, 11) is -2.20. The van der Waals surface area contributed by atoms with Gasteiger partial charge in [-0.05, 0) is 56.4 Å². The normalized spacial score (nSPS) is 19.6. The second kappa shape index (κ2) is 8.92. The van der Waals surface area contributed by atoms with E-state index in [1.807, 2.05) is 11.8 Å². The second-order valence-corrected chi connectivity index (χ2v) is 9.03. The average Bonchev–Trinajstić information content (AvgIpc) is 2.61. The van der Waals surface area contributed by atoms with Gasteiger partial charge in [0.05, 0.1) is 4.90 Å². The van der Waals surface area contributed by atoms with Crippen molar-refractivity contribution in [2.24, 2.45) is 11.7 Å². The van der Waals surface area contributed by atoms with Crippen LogP contribution >= 0.6 is 0 Å². The maximum atomic E-state index is 13.0. The highest BCUT2D eigenvalue weighted by Crippen LogP contribution is 2.20. The molecule has 0 saturated carbocycles. The third kappa shape index (κ3) is 5.25. The van der Waals surface area contributed by atoms with Crippen molar-refractivity contribution in [3.8, 4) is 0 Å². The molecule has 2 unspecified atom stereocenters. The molecule has 0 bridgehead atoms. The van der Waals surface area contributed by atoms with Gasteiger partial charge in [-0.1, -0.05) is 0 Å². The fourth-order valence-electron chi connectivity index (χ4n) is 3.18. The standard InChI is InChI=1S/C18H28FN3O3S/c1-14(20)15-5-3-12-22(13-15)18(23)6-4-11-21(2)26(24,25)17-9-7-16(19)8-10-17/h7-10,14-15H,3-6,11-13,20H2,1-2H3. The molecular formula is C18H28FN3O3S. The second-order valence-electron chi connectivity index (χ2n) is 6.99. The van der Waals surface area contributed by atoms with E-state index in [0.717, 1.165) is 31.5 Å². The van der Waals surface area contributed by atoms with Crippen LogP contribution in [0.15, 0.2) is 29.2 Å². The molecule has 1 amide bonds. The highest BCUT2D eigenvalue weighted by molar-refractivity contribution is 7.89. The van der Waals surface area contributed by atoms with Gasteiger partial charge in [-0.25, -0.2) is 17.1 Å².